The number of ketones is 1. The molecule has 0 aliphatic carbocycles. The van der Waals surface area contributed by atoms with Crippen molar-refractivity contribution < 1.29 is 24.0 Å². The number of hydrogen-bond acceptors (Lipinski definition) is 6. The van der Waals surface area contributed by atoms with E-state index in [0.29, 0.717) is 16.9 Å². The smallest absolute Gasteiger partial charge is 0.324 e. The lowest BCUT2D eigenvalue weighted by Crippen LogP contribution is -2.39. The monoisotopic (exact) mass is 461 g/mol. The lowest BCUT2D eigenvalue weighted by Gasteiger charge is -2.16. The second kappa shape index (κ2) is 9.58. The van der Waals surface area contributed by atoms with Gasteiger partial charge in [0.25, 0.3) is 0 Å². The first-order chi connectivity index (χ1) is 16.0. The summed E-state index contributed by atoms with van der Waals surface area (Å²) in [7, 11) is 0. The third kappa shape index (κ3) is 4.73. The first-order valence-corrected chi connectivity index (χ1v) is 11.0. The SMILES string of the molecule is O=C(CN1C(=O)C(=O)N(CCc2cccs2)C1=O)Nc1ccccc1C(=O)c1ccccc1. The van der Waals surface area contributed by atoms with Crippen molar-refractivity contribution in [3.63, 3.8) is 0 Å². The fraction of sp³-hybridized carbons (Fsp3) is 0.125. The summed E-state index contributed by atoms with van der Waals surface area (Å²) in [6.45, 7) is -0.580. The number of imide groups is 2. The topological polar surface area (TPSA) is 104 Å². The Morgan fingerprint density at radius 1 is 0.818 bits per heavy atom. The van der Waals surface area contributed by atoms with Crippen LogP contribution in [0.3, 0.4) is 0 Å². The average molecular weight is 461 g/mol. The molecule has 3 aromatic rings. The molecule has 1 aliphatic heterocycles. The first-order valence-electron chi connectivity index (χ1n) is 10.1. The van der Waals surface area contributed by atoms with Crippen LogP contribution in [0.1, 0.15) is 20.8 Å². The molecule has 0 bridgehead atoms. The van der Waals surface area contributed by atoms with Crippen LogP contribution in [0, 0.1) is 0 Å². The number of nitrogens with zero attached hydrogens (tertiary/aromatic N) is 2. The molecule has 166 valence electrons. The van der Waals surface area contributed by atoms with Gasteiger partial charge in [0.2, 0.25) is 5.91 Å². The van der Waals surface area contributed by atoms with Crippen molar-refractivity contribution in [2.45, 2.75) is 6.42 Å². The Bertz CT molecular complexity index is 1220. The molecule has 0 unspecified atom stereocenters. The summed E-state index contributed by atoms with van der Waals surface area (Å²) in [5.41, 5.74) is 0.970. The van der Waals surface area contributed by atoms with Gasteiger partial charge in [0.05, 0.1) is 5.69 Å². The number of nitrogens with one attached hydrogen (secondary N) is 1. The third-order valence-electron chi connectivity index (χ3n) is 5.08. The van der Waals surface area contributed by atoms with Gasteiger partial charge in [-0.1, -0.05) is 48.5 Å². The maximum Gasteiger partial charge on any atom is 0.334 e. The zero-order valence-electron chi connectivity index (χ0n) is 17.4. The summed E-state index contributed by atoms with van der Waals surface area (Å²) < 4.78 is 0. The van der Waals surface area contributed by atoms with Gasteiger partial charge in [-0.2, -0.15) is 0 Å². The Hall–Kier alpha value is -4.11. The summed E-state index contributed by atoms with van der Waals surface area (Å²) >= 11 is 1.48. The number of para-hydroxylation sites is 1. The summed E-state index contributed by atoms with van der Waals surface area (Å²) in [6.07, 6.45) is 0.428. The average Bonchev–Trinajstić information content (AvgIpc) is 3.42. The molecule has 9 heteroatoms. The molecule has 0 atom stereocenters. The van der Waals surface area contributed by atoms with Crippen LogP contribution in [-0.2, 0) is 20.8 Å². The lowest BCUT2D eigenvalue weighted by molar-refractivity contribution is -0.143. The predicted molar refractivity (Wildman–Crippen MR) is 122 cm³/mol. The minimum Gasteiger partial charge on any atom is -0.324 e. The summed E-state index contributed by atoms with van der Waals surface area (Å²) in [5.74, 6) is -2.98. The lowest BCUT2D eigenvalue weighted by atomic mass is 10.0. The van der Waals surface area contributed by atoms with E-state index in [1.165, 1.54) is 11.3 Å². The Labute approximate surface area is 193 Å². The second-order valence-electron chi connectivity index (χ2n) is 7.25. The Balaban J connectivity index is 1.44. The van der Waals surface area contributed by atoms with E-state index in [0.717, 1.165) is 9.78 Å². The van der Waals surface area contributed by atoms with Crippen LogP contribution in [0.4, 0.5) is 10.5 Å². The molecule has 4 rings (SSSR count). The molecular weight excluding hydrogens is 442 g/mol. The number of rotatable bonds is 8. The van der Waals surface area contributed by atoms with Gasteiger partial charge in [0.1, 0.15) is 6.54 Å². The molecule has 1 saturated heterocycles. The number of carbonyl (C=O) groups is 5. The van der Waals surface area contributed by atoms with Gasteiger partial charge in [-0.05, 0) is 23.6 Å². The van der Waals surface area contributed by atoms with Crippen LogP contribution < -0.4 is 5.32 Å². The molecule has 1 N–H and O–H groups in total. The van der Waals surface area contributed by atoms with Crippen LogP contribution in [-0.4, -0.2) is 52.4 Å². The first kappa shape index (κ1) is 22.1. The van der Waals surface area contributed by atoms with Crippen molar-refractivity contribution in [1.29, 1.82) is 0 Å². The van der Waals surface area contributed by atoms with Gasteiger partial charge >= 0.3 is 17.8 Å². The molecular formula is C24H19N3O5S. The van der Waals surface area contributed by atoms with Crippen molar-refractivity contribution in [1.82, 2.24) is 9.80 Å². The van der Waals surface area contributed by atoms with Crippen LogP contribution >= 0.6 is 11.3 Å². The molecule has 2 aromatic carbocycles. The molecule has 1 aromatic heterocycles. The van der Waals surface area contributed by atoms with Gasteiger partial charge in [-0.25, -0.2) is 9.69 Å². The standard InChI is InChI=1S/C24H19N3O5S/c28-20(25-19-11-5-4-10-18(19)21(29)16-7-2-1-3-8-16)15-27-23(31)22(30)26(24(27)32)13-12-17-9-6-14-33-17/h1-11,14H,12-13,15H2,(H,25,28). The van der Waals surface area contributed by atoms with Crippen LogP contribution in [0.5, 0.6) is 0 Å². The minimum absolute atomic E-state index is 0.0520. The van der Waals surface area contributed by atoms with Crippen molar-refractivity contribution in [2.75, 3.05) is 18.4 Å². The molecule has 0 radical (unpaired) electrons. The van der Waals surface area contributed by atoms with Crippen LogP contribution in [0.15, 0.2) is 72.1 Å². The number of urea groups is 1. The van der Waals surface area contributed by atoms with E-state index < -0.39 is 30.3 Å². The van der Waals surface area contributed by atoms with Gasteiger partial charge in [-0.3, -0.25) is 24.1 Å². The van der Waals surface area contributed by atoms with E-state index in [2.05, 4.69) is 5.32 Å². The van der Waals surface area contributed by atoms with E-state index in [1.807, 2.05) is 17.5 Å². The quantitative estimate of drug-likeness (QED) is 0.316. The fourth-order valence-electron chi connectivity index (χ4n) is 3.43. The number of anilines is 1. The van der Waals surface area contributed by atoms with Crippen molar-refractivity contribution in [3.05, 3.63) is 88.1 Å². The van der Waals surface area contributed by atoms with E-state index in [4.69, 9.17) is 0 Å². The van der Waals surface area contributed by atoms with E-state index in [-0.39, 0.29) is 23.6 Å². The highest BCUT2D eigenvalue weighted by molar-refractivity contribution is 7.09. The number of hydrogen-bond donors (Lipinski definition) is 1. The maximum atomic E-state index is 12.8. The van der Waals surface area contributed by atoms with Crippen LogP contribution in [0.25, 0.3) is 0 Å². The molecule has 33 heavy (non-hydrogen) atoms. The highest BCUT2D eigenvalue weighted by atomic mass is 32.1. The third-order valence-corrected chi connectivity index (χ3v) is 6.02. The van der Waals surface area contributed by atoms with Crippen molar-refractivity contribution in [3.8, 4) is 0 Å². The number of thiophene rings is 1. The van der Waals surface area contributed by atoms with Gasteiger partial charge in [0.15, 0.2) is 5.78 Å². The van der Waals surface area contributed by atoms with Crippen LogP contribution in [0.2, 0.25) is 0 Å². The number of carbonyl (C=O) groups excluding carboxylic acids is 5. The Morgan fingerprint density at radius 3 is 2.24 bits per heavy atom. The minimum atomic E-state index is -1.05. The molecule has 0 saturated carbocycles. The molecule has 0 spiro atoms. The highest BCUT2D eigenvalue weighted by Gasteiger charge is 2.44. The molecule has 8 nitrogen and oxygen atoms in total. The normalized spacial score (nSPS) is 13.5. The molecule has 5 amide bonds. The summed E-state index contributed by atoms with van der Waals surface area (Å²) in [5, 5.41) is 4.46. The molecule has 1 fully saturated rings. The van der Waals surface area contributed by atoms with Gasteiger partial charge < -0.3 is 5.32 Å². The van der Waals surface area contributed by atoms with Gasteiger partial charge in [0, 0.05) is 29.0 Å². The highest BCUT2D eigenvalue weighted by Crippen LogP contribution is 2.20. The number of benzene rings is 2. The molecule has 2 heterocycles. The van der Waals surface area contributed by atoms with E-state index in [9.17, 15) is 24.0 Å². The summed E-state index contributed by atoms with van der Waals surface area (Å²) in [4.78, 5) is 65.1. The Morgan fingerprint density at radius 2 is 1.52 bits per heavy atom. The Kier molecular flexibility index (Phi) is 6.41. The predicted octanol–water partition coefficient (Wildman–Crippen LogP) is 2.95. The summed E-state index contributed by atoms with van der Waals surface area (Å²) in [6, 6.07) is 17.9. The second-order valence-corrected chi connectivity index (χ2v) is 8.28. The zero-order valence-corrected chi connectivity index (χ0v) is 18.2. The van der Waals surface area contributed by atoms with E-state index in [1.54, 1.807) is 54.6 Å². The van der Waals surface area contributed by atoms with Crippen molar-refractivity contribution >= 4 is 46.6 Å². The van der Waals surface area contributed by atoms with Crippen molar-refractivity contribution in [2.24, 2.45) is 0 Å². The maximum absolute atomic E-state index is 12.8. The fourth-order valence-corrected chi connectivity index (χ4v) is 4.13. The zero-order chi connectivity index (χ0) is 23.4. The number of amides is 5. The largest absolute Gasteiger partial charge is 0.334 e. The molecule has 1 aliphatic rings. The van der Waals surface area contributed by atoms with E-state index >= 15 is 0 Å². The van der Waals surface area contributed by atoms with Gasteiger partial charge in [-0.15, -0.1) is 11.3 Å².